The first kappa shape index (κ1) is 14.9. The molecular formula is C17H22N2O3. The third kappa shape index (κ3) is 3.59. The number of hydrogen-bond acceptors (Lipinski definition) is 3. The summed E-state index contributed by atoms with van der Waals surface area (Å²) in [5, 5.41) is 5.84. The highest BCUT2D eigenvalue weighted by Gasteiger charge is 2.30. The first-order chi connectivity index (χ1) is 10.7. The quantitative estimate of drug-likeness (QED) is 0.843. The fourth-order valence-corrected chi connectivity index (χ4v) is 3.11. The highest BCUT2D eigenvalue weighted by molar-refractivity contribution is 5.99. The number of nitrogens with one attached hydrogen (secondary N) is 2. The lowest BCUT2D eigenvalue weighted by Crippen LogP contribution is -2.43. The van der Waals surface area contributed by atoms with Gasteiger partial charge in [-0.3, -0.25) is 9.59 Å². The normalized spacial score (nSPS) is 22.0. The molecule has 1 aliphatic carbocycles. The maximum atomic E-state index is 12.2. The summed E-state index contributed by atoms with van der Waals surface area (Å²) in [4.78, 5) is 24.2. The zero-order valence-corrected chi connectivity index (χ0v) is 12.6. The number of hydrogen-bond donors (Lipinski definition) is 2. The van der Waals surface area contributed by atoms with Crippen molar-refractivity contribution in [1.82, 2.24) is 5.32 Å². The Kier molecular flexibility index (Phi) is 4.61. The van der Waals surface area contributed by atoms with Crippen molar-refractivity contribution in [3.05, 3.63) is 24.3 Å². The molecule has 1 fully saturated rings. The highest BCUT2D eigenvalue weighted by Crippen LogP contribution is 2.29. The van der Waals surface area contributed by atoms with Gasteiger partial charge in [0, 0.05) is 6.04 Å². The minimum absolute atomic E-state index is 0.0661. The molecule has 2 aliphatic rings. The topological polar surface area (TPSA) is 67.4 Å². The highest BCUT2D eigenvalue weighted by atomic mass is 16.5. The number of fused-ring (bicyclic) bond motifs is 1. The van der Waals surface area contributed by atoms with Crippen LogP contribution in [-0.4, -0.2) is 24.0 Å². The van der Waals surface area contributed by atoms with Gasteiger partial charge >= 0.3 is 0 Å². The molecule has 1 aliphatic heterocycles. The predicted octanol–water partition coefficient (Wildman–Crippen LogP) is 2.62. The fourth-order valence-electron chi connectivity index (χ4n) is 3.11. The van der Waals surface area contributed by atoms with Gasteiger partial charge in [-0.25, -0.2) is 0 Å². The summed E-state index contributed by atoms with van der Waals surface area (Å²) in [6, 6.07) is 7.51. The minimum Gasteiger partial charge on any atom is -0.478 e. The molecule has 2 amide bonds. The average Bonchev–Trinajstić information content (AvgIpc) is 2.76. The van der Waals surface area contributed by atoms with E-state index in [1.807, 2.05) is 12.1 Å². The van der Waals surface area contributed by atoms with Gasteiger partial charge < -0.3 is 15.4 Å². The number of rotatable bonds is 3. The van der Waals surface area contributed by atoms with E-state index in [0.29, 0.717) is 11.4 Å². The summed E-state index contributed by atoms with van der Waals surface area (Å²) in [5.41, 5.74) is 0.660. The van der Waals surface area contributed by atoms with Crippen LogP contribution in [0, 0.1) is 0 Å². The van der Waals surface area contributed by atoms with Gasteiger partial charge in [0.2, 0.25) is 5.91 Å². The number of carbonyl (C=O) groups is 2. The Labute approximate surface area is 130 Å². The molecule has 1 saturated carbocycles. The Morgan fingerprint density at radius 3 is 2.68 bits per heavy atom. The van der Waals surface area contributed by atoms with Gasteiger partial charge in [0.05, 0.1) is 12.1 Å². The van der Waals surface area contributed by atoms with E-state index in [9.17, 15) is 9.59 Å². The molecule has 1 heterocycles. The summed E-state index contributed by atoms with van der Waals surface area (Å²) >= 11 is 0. The van der Waals surface area contributed by atoms with Gasteiger partial charge in [0.15, 0.2) is 6.10 Å². The maximum absolute atomic E-state index is 12.2. The predicted molar refractivity (Wildman–Crippen MR) is 83.7 cm³/mol. The van der Waals surface area contributed by atoms with Gasteiger partial charge in [-0.1, -0.05) is 37.8 Å². The van der Waals surface area contributed by atoms with Crippen LogP contribution in [0.25, 0.3) is 0 Å². The summed E-state index contributed by atoms with van der Waals surface area (Å²) in [6.45, 7) is 0. The Morgan fingerprint density at radius 2 is 1.91 bits per heavy atom. The first-order valence-electron chi connectivity index (χ1n) is 8.08. The molecule has 5 nitrogen and oxygen atoms in total. The third-order valence-electron chi connectivity index (χ3n) is 4.30. The Morgan fingerprint density at radius 1 is 1.18 bits per heavy atom. The van der Waals surface area contributed by atoms with Crippen LogP contribution in [0.1, 0.15) is 44.9 Å². The summed E-state index contributed by atoms with van der Waals surface area (Å²) in [6.07, 6.45) is 6.21. The SMILES string of the molecule is O=C(CC1Oc2ccccc2NC1=O)NC1CCCCCC1. The summed E-state index contributed by atoms with van der Waals surface area (Å²) < 4.78 is 5.66. The van der Waals surface area contributed by atoms with Gasteiger partial charge in [0.1, 0.15) is 5.75 Å². The molecule has 1 atom stereocenters. The van der Waals surface area contributed by atoms with Crippen LogP contribution in [0.4, 0.5) is 5.69 Å². The van der Waals surface area contributed by atoms with Crippen molar-refractivity contribution < 1.29 is 14.3 Å². The smallest absolute Gasteiger partial charge is 0.266 e. The Bertz CT molecular complexity index is 551. The van der Waals surface area contributed by atoms with Crippen molar-refractivity contribution in [3.63, 3.8) is 0 Å². The lowest BCUT2D eigenvalue weighted by molar-refractivity contribution is -0.130. The van der Waals surface area contributed by atoms with E-state index in [4.69, 9.17) is 4.74 Å². The van der Waals surface area contributed by atoms with Crippen LogP contribution < -0.4 is 15.4 Å². The van der Waals surface area contributed by atoms with E-state index in [-0.39, 0.29) is 24.3 Å². The Hall–Kier alpha value is -2.04. The number of para-hydroxylation sites is 2. The van der Waals surface area contributed by atoms with Crippen molar-refractivity contribution >= 4 is 17.5 Å². The van der Waals surface area contributed by atoms with E-state index >= 15 is 0 Å². The van der Waals surface area contributed by atoms with E-state index < -0.39 is 6.10 Å². The largest absolute Gasteiger partial charge is 0.478 e. The average molecular weight is 302 g/mol. The molecule has 2 N–H and O–H groups in total. The second kappa shape index (κ2) is 6.81. The van der Waals surface area contributed by atoms with Gasteiger partial charge in [0.25, 0.3) is 5.91 Å². The summed E-state index contributed by atoms with van der Waals surface area (Å²) in [7, 11) is 0. The number of benzene rings is 1. The number of amides is 2. The third-order valence-corrected chi connectivity index (χ3v) is 4.30. The van der Waals surface area contributed by atoms with E-state index in [0.717, 1.165) is 12.8 Å². The number of anilines is 1. The van der Waals surface area contributed by atoms with Crippen molar-refractivity contribution in [2.24, 2.45) is 0 Å². The monoisotopic (exact) mass is 302 g/mol. The molecule has 3 rings (SSSR count). The Balaban J connectivity index is 1.56. The van der Waals surface area contributed by atoms with Crippen molar-refractivity contribution in [2.45, 2.75) is 57.1 Å². The van der Waals surface area contributed by atoms with E-state index in [2.05, 4.69) is 10.6 Å². The number of ether oxygens (including phenoxy) is 1. The molecule has 5 heteroatoms. The molecule has 22 heavy (non-hydrogen) atoms. The second-order valence-electron chi connectivity index (χ2n) is 6.05. The molecule has 0 bridgehead atoms. The molecule has 1 aromatic rings. The van der Waals surface area contributed by atoms with Crippen LogP contribution in [0.5, 0.6) is 5.75 Å². The zero-order valence-electron chi connectivity index (χ0n) is 12.6. The van der Waals surface area contributed by atoms with Crippen LogP contribution in [0.2, 0.25) is 0 Å². The lowest BCUT2D eigenvalue weighted by atomic mass is 10.1. The standard InChI is InChI=1S/C17H22N2O3/c20-16(18-12-7-3-1-2-4-8-12)11-15-17(21)19-13-9-5-6-10-14(13)22-15/h5-6,9-10,12,15H,1-4,7-8,11H2,(H,18,20)(H,19,21). The second-order valence-corrected chi connectivity index (χ2v) is 6.05. The first-order valence-corrected chi connectivity index (χ1v) is 8.08. The van der Waals surface area contributed by atoms with Gasteiger partial charge in [-0.05, 0) is 25.0 Å². The van der Waals surface area contributed by atoms with E-state index in [1.165, 1.54) is 25.7 Å². The molecular weight excluding hydrogens is 280 g/mol. The van der Waals surface area contributed by atoms with Crippen molar-refractivity contribution in [2.75, 3.05) is 5.32 Å². The van der Waals surface area contributed by atoms with Crippen molar-refractivity contribution in [3.8, 4) is 5.75 Å². The summed E-state index contributed by atoms with van der Waals surface area (Å²) in [5.74, 6) is 0.260. The van der Waals surface area contributed by atoms with Crippen LogP contribution in [-0.2, 0) is 9.59 Å². The molecule has 0 aromatic heterocycles. The van der Waals surface area contributed by atoms with Crippen molar-refractivity contribution in [1.29, 1.82) is 0 Å². The molecule has 0 radical (unpaired) electrons. The van der Waals surface area contributed by atoms with Gasteiger partial charge in [-0.15, -0.1) is 0 Å². The van der Waals surface area contributed by atoms with E-state index in [1.54, 1.807) is 12.1 Å². The van der Waals surface area contributed by atoms with Crippen LogP contribution in [0.3, 0.4) is 0 Å². The number of carbonyl (C=O) groups excluding carboxylic acids is 2. The fraction of sp³-hybridized carbons (Fsp3) is 0.529. The zero-order chi connectivity index (χ0) is 15.4. The van der Waals surface area contributed by atoms with Gasteiger partial charge in [-0.2, -0.15) is 0 Å². The molecule has 0 spiro atoms. The van der Waals surface area contributed by atoms with Crippen LogP contribution >= 0.6 is 0 Å². The lowest BCUT2D eigenvalue weighted by Gasteiger charge is -2.26. The van der Waals surface area contributed by atoms with Crippen LogP contribution in [0.15, 0.2) is 24.3 Å². The molecule has 0 saturated heterocycles. The molecule has 1 aromatic carbocycles. The maximum Gasteiger partial charge on any atom is 0.266 e. The minimum atomic E-state index is -0.749. The molecule has 118 valence electrons. The molecule has 1 unspecified atom stereocenters.